The molecule has 0 aliphatic carbocycles. The molecule has 3 heteroatoms. The van der Waals surface area contributed by atoms with Crippen LogP contribution in [0, 0.1) is 0 Å². The summed E-state index contributed by atoms with van der Waals surface area (Å²) < 4.78 is 0. The minimum absolute atomic E-state index is 0.0715. The smallest absolute Gasteiger partial charge is 0.251 e. The second-order valence-electron chi connectivity index (χ2n) is 4.18. The maximum atomic E-state index is 11.7. The van der Waals surface area contributed by atoms with Crippen molar-refractivity contribution in [3.8, 4) is 0 Å². The lowest BCUT2D eigenvalue weighted by molar-refractivity contribution is 0.0899. The molecule has 0 saturated heterocycles. The third-order valence-corrected chi connectivity index (χ3v) is 2.22. The number of aliphatic hydroxyl groups is 1. The van der Waals surface area contributed by atoms with Gasteiger partial charge in [0.25, 0.3) is 5.91 Å². The molecule has 15 heavy (non-hydrogen) atoms. The Hall–Kier alpha value is -1.35. The molecule has 82 valence electrons. The van der Waals surface area contributed by atoms with E-state index in [1.54, 1.807) is 12.1 Å². The highest BCUT2D eigenvalue weighted by Gasteiger charge is 2.19. The highest BCUT2D eigenvalue weighted by atomic mass is 16.3. The van der Waals surface area contributed by atoms with E-state index in [1.165, 1.54) is 0 Å². The van der Waals surface area contributed by atoms with Crippen molar-refractivity contribution in [2.75, 3.05) is 6.61 Å². The number of hydrogen-bond acceptors (Lipinski definition) is 2. The van der Waals surface area contributed by atoms with E-state index in [0.717, 1.165) is 0 Å². The van der Waals surface area contributed by atoms with Crippen molar-refractivity contribution in [3.05, 3.63) is 35.9 Å². The third kappa shape index (κ3) is 3.72. The molecule has 0 aliphatic rings. The summed E-state index contributed by atoms with van der Waals surface area (Å²) in [4.78, 5) is 11.7. The molecule has 0 radical (unpaired) electrons. The van der Waals surface area contributed by atoms with Crippen molar-refractivity contribution in [2.45, 2.75) is 25.8 Å². The molecule has 3 nitrogen and oxygen atoms in total. The lowest BCUT2D eigenvalue weighted by atomic mass is 10.0. The summed E-state index contributed by atoms with van der Waals surface area (Å²) in [5, 5.41) is 11.7. The Kier molecular flexibility index (Phi) is 3.86. The predicted molar refractivity (Wildman–Crippen MR) is 59.7 cm³/mol. The van der Waals surface area contributed by atoms with Gasteiger partial charge in [0.1, 0.15) is 0 Å². The number of aliphatic hydroxyl groups excluding tert-OH is 1. The first kappa shape index (κ1) is 11.7. The van der Waals surface area contributed by atoms with Crippen molar-refractivity contribution >= 4 is 5.91 Å². The van der Waals surface area contributed by atoms with Crippen LogP contribution >= 0.6 is 0 Å². The van der Waals surface area contributed by atoms with Crippen LogP contribution in [-0.2, 0) is 0 Å². The quantitative estimate of drug-likeness (QED) is 0.787. The Labute approximate surface area is 90.1 Å². The van der Waals surface area contributed by atoms with Gasteiger partial charge in [-0.25, -0.2) is 0 Å². The lowest BCUT2D eigenvalue weighted by Crippen LogP contribution is -2.44. The summed E-state index contributed by atoms with van der Waals surface area (Å²) >= 11 is 0. The van der Waals surface area contributed by atoms with Crippen molar-refractivity contribution in [1.82, 2.24) is 5.32 Å². The monoisotopic (exact) mass is 207 g/mol. The van der Waals surface area contributed by atoms with E-state index in [9.17, 15) is 4.79 Å². The van der Waals surface area contributed by atoms with Gasteiger partial charge in [-0.15, -0.1) is 0 Å². The fourth-order valence-corrected chi connectivity index (χ4v) is 1.31. The molecule has 1 aromatic rings. The molecule has 0 spiro atoms. The maximum Gasteiger partial charge on any atom is 0.251 e. The third-order valence-electron chi connectivity index (χ3n) is 2.22. The number of amides is 1. The van der Waals surface area contributed by atoms with Crippen molar-refractivity contribution in [3.63, 3.8) is 0 Å². The molecule has 0 fully saturated rings. The fraction of sp³-hybridized carbons (Fsp3) is 0.417. The van der Waals surface area contributed by atoms with Crippen molar-refractivity contribution in [1.29, 1.82) is 0 Å². The normalized spacial score (nSPS) is 11.1. The summed E-state index contributed by atoms with van der Waals surface area (Å²) in [5.74, 6) is -0.103. The highest BCUT2D eigenvalue weighted by Crippen LogP contribution is 2.09. The Morgan fingerprint density at radius 1 is 1.33 bits per heavy atom. The van der Waals surface area contributed by atoms with Gasteiger partial charge in [0.05, 0.1) is 0 Å². The summed E-state index contributed by atoms with van der Waals surface area (Å²) in [6.07, 6.45) is 0.547. The largest absolute Gasteiger partial charge is 0.396 e. The topological polar surface area (TPSA) is 49.3 Å². The Morgan fingerprint density at radius 2 is 1.93 bits per heavy atom. The predicted octanol–water partition coefficient (Wildman–Crippen LogP) is 1.58. The summed E-state index contributed by atoms with van der Waals surface area (Å²) in [6.45, 7) is 3.86. The first-order valence-electron chi connectivity index (χ1n) is 5.03. The zero-order valence-electron chi connectivity index (χ0n) is 9.16. The van der Waals surface area contributed by atoms with Crippen LogP contribution in [0.1, 0.15) is 30.6 Å². The van der Waals surface area contributed by atoms with Crippen molar-refractivity contribution < 1.29 is 9.90 Å². The Balaban J connectivity index is 2.64. The second kappa shape index (κ2) is 4.94. The van der Waals surface area contributed by atoms with Crippen LogP contribution in [0.3, 0.4) is 0 Å². The molecule has 0 atom stereocenters. The molecule has 1 aromatic carbocycles. The van der Waals surface area contributed by atoms with Gasteiger partial charge in [-0.1, -0.05) is 18.2 Å². The van der Waals surface area contributed by atoms with Crippen LogP contribution in [0.5, 0.6) is 0 Å². The summed E-state index contributed by atoms with van der Waals surface area (Å²) in [7, 11) is 0. The van der Waals surface area contributed by atoms with Gasteiger partial charge < -0.3 is 10.4 Å². The molecule has 0 aromatic heterocycles. The number of rotatable bonds is 4. The molecular weight excluding hydrogens is 190 g/mol. The zero-order valence-corrected chi connectivity index (χ0v) is 9.16. The number of nitrogens with one attached hydrogen (secondary N) is 1. The van der Waals surface area contributed by atoms with E-state index in [0.29, 0.717) is 12.0 Å². The molecule has 1 amide bonds. The standard InChI is InChI=1S/C12H17NO2/c1-12(2,8-9-14)13-11(15)10-6-4-3-5-7-10/h3-7,14H,8-9H2,1-2H3,(H,13,15). The first-order chi connectivity index (χ1) is 7.05. The molecule has 1 rings (SSSR count). The molecule has 0 heterocycles. The molecule has 2 N–H and O–H groups in total. The van der Waals surface area contributed by atoms with Crippen LogP contribution in [0.4, 0.5) is 0 Å². The van der Waals surface area contributed by atoms with Gasteiger partial charge >= 0.3 is 0 Å². The molecular formula is C12H17NO2. The van der Waals surface area contributed by atoms with E-state index >= 15 is 0 Å². The SMILES string of the molecule is CC(C)(CCO)NC(=O)c1ccccc1. The van der Waals surface area contributed by atoms with Gasteiger partial charge in [0, 0.05) is 17.7 Å². The molecule has 0 saturated carbocycles. The first-order valence-corrected chi connectivity index (χ1v) is 5.03. The van der Waals surface area contributed by atoms with Crippen LogP contribution < -0.4 is 5.32 Å². The van der Waals surface area contributed by atoms with Crippen LogP contribution in [-0.4, -0.2) is 23.2 Å². The molecule has 0 bridgehead atoms. The molecule has 0 aliphatic heterocycles. The minimum Gasteiger partial charge on any atom is -0.396 e. The van der Waals surface area contributed by atoms with E-state index in [1.807, 2.05) is 32.0 Å². The minimum atomic E-state index is -0.373. The Morgan fingerprint density at radius 3 is 2.47 bits per heavy atom. The summed E-state index contributed by atoms with van der Waals surface area (Å²) in [6, 6.07) is 9.06. The molecule has 0 unspecified atom stereocenters. The average Bonchev–Trinajstić information content (AvgIpc) is 2.18. The zero-order chi connectivity index (χ0) is 11.3. The van der Waals surface area contributed by atoms with Crippen molar-refractivity contribution in [2.24, 2.45) is 0 Å². The number of hydrogen-bond donors (Lipinski definition) is 2. The van der Waals surface area contributed by atoms with Gasteiger partial charge in [-0.2, -0.15) is 0 Å². The van der Waals surface area contributed by atoms with Gasteiger partial charge in [-0.05, 0) is 32.4 Å². The summed E-state index contributed by atoms with van der Waals surface area (Å²) in [5.41, 5.74) is 0.269. The lowest BCUT2D eigenvalue weighted by Gasteiger charge is -2.25. The number of carbonyl (C=O) groups is 1. The highest BCUT2D eigenvalue weighted by molar-refractivity contribution is 5.94. The van der Waals surface area contributed by atoms with Gasteiger partial charge in [-0.3, -0.25) is 4.79 Å². The van der Waals surface area contributed by atoms with Crippen LogP contribution in [0.25, 0.3) is 0 Å². The van der Waals surface area contributed by atoms with E-state index in [4.69, 9.17) is 5.11 Å². The van der Waals surface area contributed by atoms with Crippen LogP contribution in [0.15, 0.2) is 30.3 Å². The number of benzene rings is 1. The van der Waals surface area contributed by atoms with Gasteiger partial charge in [0.15, 0.2) is 0 Å². The van der Waals surface area contributed by atoms with E-state index in [2.05, 4.69) is 5.32 Å². The Bertz CT molecular complexity index is 320. The van der Waals surface area contributed by atoms with Crippen LogP contribution in [0.2, 0.25) is 0 Å². The van der Waals surface area contributed by atoms with E-state index in [-0.39, 0.29) is 18.1 Å². The maximum absolute atomic E-state index is 11.7. The average molecular weight is 207 g/mol. The second-order valence-corrected chi connectivity index (χ2v) is 4.18. The number of carbonyl (C=O) groups excluding carboxylic acids is 1. The van der Waals surface area contributed by atoms with Gasteiger partial charge in [0.2, 0.25) is 0 Å². The fourth-order valence-electron chi connectivity index (χ4n) is 1.31. The van der Waals surface area contributed by atoms with E-state index < -0.39 is 0 Å².